The molecule has 192 valence electrons. The molecule has 0 aromatic carbocycles. The van der Waals surface area contributed by atoms with E-state index in [4.69, 9.17) is 11.5 Å². The summed E-state index contributed by atoms with van der Waals surface area (Å²) in [5, 5.41) is 4.85. The van der Waals surface area contributed by atoms with Crippen LogP contribution in [0, 0.1) is 6.92 Å². The number of halogens is 4. The van der Waals surface area contributed by atoms with Crippen molar-refractivity contribution in [2.75, 3.05) is 5.32 Å². The zero-order chi connectivity index (χ0) is 26.4. The molecule has 6 N–H and O–H groups in total. The highest BCUT2D eigenvalue weighted by Crippen LogP contribution is 2.48. The summed E-state index contributed by atoms with van der Waals surface area (Å²) < 4.78 is 54.8. The maximum Gasteiger partial charge on any atom is 0.293 e. The second-order valence-electron chi connectivity index (χ2n) is 8.97. The van der Waals surface area contributed by atoms with Crippen LogP contribution in [-0.2, 0) is 17.8 Å². The Morgan fingerprint density at radius 2 is 1.94 bits per heavy atom. The maximum atomic E-state index is 13.6. The average Bonchev–Trinajstić information content (AvgIpc) is 3.36. The van der Waals surface area contributed by atoms with Crippen LogP contribution in [0.15, 0.2) is 30.2 Å². The largest absolute Gasteiger partial charge is 0.403 e. The van der Waals surface area contributed by atoms with E-state index in [2.05, 4.69) is 15.6 Å². The Labute approximate surface area is 202 Å². The monoisotopic (exact) mass is 508 g/mol. The molecular weight excluding hydrogens is 484 g/mol. The number of rotatable bonds is 7. The van der Waals surface area contributed by atoms with Crippen molar-refractivity contribution in [1.29, 1.82) is 0 Å². The van der Waals surface area contributed by atoms with E-state index < -0.39 is 54.0 Å². The van der Waals surface area contributed by atoms with E-state index in [-0.39, 0.29) is 28.2 Å². The fourth-order valence-electron chi connectivity index (χ4n) is 4.89. The Bertz CT molecular complexity index is 1280. The van der Waals surface area contributed by atoms with Gasteiger partial charge >= 0.3 is 0 Å². The highest BCUT2D eigenvalue weighted by molar-refractivity contribution is 6.44. The molecule has 4 rings (SSSR count). The molecule has 0 radical (unpaired) electrons. The topological polar surface area (TPSA) is 145 Å². The summed E-state index contributed by atoms with van der Waals surface area (Å²) in [6.07, 6.45) is -1.39. The molecule has 0 unspecified atom stereocenters. The lowest BCUT2D eigenvalue weighted by Gasteiger charge is -2.47. The van der Waals surface area contributed by atoms with Crippen LogP contribution in [0.3, 0.4) is 0 Å². The second-order valence-corrected chi connectivity index (χ2v) is 8.97. The zero-order valence-electron chi connectivity index (χ0n) is 19.2. The van der Waals surface area contributed by atoms with Crippen molar-refractivity contribution in [1.82, 2.24) is 14.9 Å². The van der Waals surface area contributed by atoms with Gasteiger partial charge < -0.3 is 26.7 Å². The van der Waals surface area contributed by atoms with E-state index in [1.165, 1.54) is 13.0 Å². The summed E-state index contributed by atoms with van der Waals surface area (Å²) in [6, 6.07) is 2.38. The summed E-state index contributed by atoms with van der Waals surface area (Å²) in [5.41, 5.74) is 9.63. The summed E-state index contributed by atoms with van der Waals surface area (Å²) in [7, 11) is 0. The van der Waals surface area contributed by atoms with Gasteiger partial charge in [-0.15, -0.1) is 0 Å². The van der Waals surface area contributed by atoms with Crippen LogP contribution in [0.4, 0.5) is 23.2 Å². The fourth-order valence-corrected chi connectivity index (χ4v) is 4.89. The highest BCUT2D eigenvalue weighted by Gasteiger charge is 2.59. The number of aromatic nitrogens is 2. The number of alkyl halides is 4. The van der Waals surface area contributed by atoms with Gasteiger partial charge in [0, 0.05) is 43.2 Å². The molecule has 2 amide bonds. The van der Waals surface area contributed by atoms with Crippen molar-refractivity contribution in [3.63, 3.8) is 0 Å². The van der Waals surface area contributed by atoms with E-state index in [0.717, 1.165) is 18.5 Å². The molecule has 3 heterocycles. The summed E-state index contributed by atoms with van der Waals surface area (Å²) in [4.78, 5) is 42.7. The molecule has 36 heavy (non-hydrogen) atoms. The van der Waals surface area contributed by atoms with E-state index in [1.54, 1.807) is 4.57 Å². The summed E-state index contributed by atoms with van der Waals surface area (Å²) >= 11 is 0. The Balaban J connectivity index is 1.62. The van der Waals surface area contributed by atoms with Crippen molar-refractivity contribution in [3.8, 4) is 0 Å². The summed E-state index contributed by atoms with van der Waals surface area (Å²) in [5.74, 6) is -5.88. The third kappa shape index (κ3) is 4.29. The van der Waals surface area contributed by atoms with E-state index in [9.17, 15) is 31.9 Å². The lowest BCUT2D eigenvalue weighted by atomic mass is 9.71. The molecule has 0 spiro atoms. The first-order valence-electron chi connectivity index (χ1n) is 11.1. The van der Waals surface area contributed by atoms with Gasteiger partial charge in [-0.05, 0) is 37.5 Å². The minimum absolute atomic E-state index is 0.00493. The van der Waals surface area contributed by atoms with Crippen molar-refractivity contribution in [2.45, 2.75) is 57.0 Å². The normalized spacial score (nSPS) is 17.9. The fraction of sp³-hybridized carbons (Fsp3) is 0.391. The molecule has 2 aromatic heterocycles. The van der Waals surface area contributed by atoms with Gasteiger partial charge in [0.25, 0.3) is 29.9 Å². The van der Waals surface area contributed by atoms with Crippen molar-refractivity contribution in [3.05, 3.63) is 58.4 Å². The number of hydrogen-bond donors (Lipinski definition) is 4. The SMILES string of the molecule is Cc1c(C(=O)C(=O)NC2(/C(N)=C/N)CC(F)(F)C2)c2n(c1C(=O)Nc1ccnc(C(F)F)c1)CCC2. The molecule has 2 aliphatic rings. The first-order chi connectivity index (χ1) is 16.9. The molecule has 1 aliphatic carbocycles. The highest BCUT2D eigenvalue weighted by atomic mass is 19.3. The summed E-state index contributed by atoms with van der Waals surface area (Å²) in [6.45, 7) is 1.88. The van der Waals surface area contributed by atoms with Gasteiger partial charge in [0.05, 0.1) is 16.8 Å². The van der Waals surface area contributed by atoms with Crippen molar-refractivity contribution in [2.24, 2.45) is 11.5 Å². The minimum Gasteiger partial charge on any atom is -0.403 e. The molecule has 1 fully saturated rings. The number of fused-ring (bicyclic) bond motifs is 1. The van der Waals surface area contributed by atoms with Gasteiger partial charge in [0.2, 0.25) is 0 Å². The molecule has 9 nitrogen and oxygen atoms in total. The third-order valence-electron chi connectivity index (χ3n) is 6.53. The molecule has 2 aromatic rings. The minimum atomic E-state index is -3.07. The number of amides is 2. The predicted molar refractivity (Wildman–Crippen MR) is 120 cm³/mol. The Morgan fingerprint density at radius 1 is 1.25 bits per heavy atom. The number of ketones is 1. The first kappa shape index (κ1) is 25.2. The van der Waals surface area contributed by atoms with Gasteiger partial charge in [0.1, 0.15) is 11.4 Å². The van der Waals surface area contributed by atoms with E-state index in [0.29, 0.717) is 25.1 Å². The number of carbonyl (C=O) groups is 3. The van der Waals surface area contributed by atoms with Gasteiger partial charge in [-0.1, -0.05) is 0 Å². The van der Waals surface area contributed by atoms with Crippen LogP contribution in [0.2, 0.25) is 0 Å². The first-order valence-corrected chi connectivity index (χ1v) is 11.1. The van der Waals surface area contributed by atoms with Crippen LogP contribution < -0.4 is 22.1 Å². The quantitative estimate of drug-likeness (QED) is 0.257. The molecular formula is C23H24F4N6O3. The lowest BCUT2D eigenvalue weighted by molar-refractivity contribution is -0.137. The van der Waals surface area contributed by atoms with Crippen LogP contribution in [0.5, 0.6) is 0 Å². The van der Waals surface area contributed by atoms with Crippen molar-refractivity contribution < 1.29 is 31.9 Å². The van der Waals surface area contributed by atoms with E-state index in [1.807, 2.05) is 0 Å². The van der Waals surface area contributed by atoms with Crippen LogP contribution in [0.1, 0.15) is 63.5 Å². The smallest absolute Gasteiger partial charge is 0.293 e. The number of hydrogen-bond acceptors (Lipinski definition) is 6. The number of nitrogens with one attached hydrogen (secondary N) is 2. The molecule has 1 saturated carbocycles. The number of anilines is 1. The van der Waals surface area contributed by atoms with Gasteiger partial charge in [-0.25, -0.2) is 17.6 Å². The van der Waals surface area contributed by atoms with Crippen molar-refractivity contribution >= 4 is 23.3 Å². The number of Topliss-reactive ketones (excluding diaryl/α,β-unsaturated/α-hetero) is 1. The number of pyridine rings is 1. The van der Waals surface area contributed by atoms with Gasteiger partial charge in [0.15, 0.2) is 0 Å². The predicted octanol–water partition coefficient (Wildman–Crippen LogP) is 2.55. The van der Waals surface area contributed by atoms with Crippen LogP contribution >= 0.6 is 0 Å². The average molecular weight is 508 g/mol. The maximum absolute atomic E-state index is 13.6. The standard InChI is InChI=1S/C23H24F4N6O3/c1-11-16(18(34)21(36)32-22(15(29)8-28)9-23(26,27)10-22)14-3-2-6-33(14)17(11)20(35)31-12-4-5-30-13(7-12)19(24)25/h4-5,7-8,19H,2-3,6,9-10,28-29H2,1H3,(H,32,36)(H,30,31,35)/b15-8-. The number of carbonyl (C=O) groups excluding carboxylic acids is 3. The van der Waals surface area contributed by atoms with Crippen LogP contribution in [-0.4, -0.2) is 38.6 Å². The van der Waals surface area contributed by atoms with E-state index >= 15 is 0 Å². The zero-order valence-corrected chi connectivity index (χ0v) is 19.2. The second kappa shape index (κ2) is 8.95. The molecule has 0 saturated heterocycles. The van der Waals surface area contributed by atoms with Gasteiger partial charge in [-0.2, -0.15) is 0 Å². The third-order valence-corrected chi connectivity index (χ3v) is 6.53. The van der Waals surface area contributed by atoms with Crippen LogP contribution in [0.25, 0.3) is 0 Å². The van der Waals surface area contributed by atoms with Gasteiger partial charge in [-0.3, -0.25) is 19.4 Å². The molecule has 0 bridgehead atoms. The number of nitrogens with two attached hydrogens (primary N) is 2. The molecule has 13 heteroatoms. The Hall–Kier alpha value is -3.90. The lowest BCUT2D eigenvalue weighted by Crippen LogP contribution is -2.65. The molecule has 0 atom stereocenters. The Morgan fingerprint density at radius 3 is 2.56 bits per heavy atom. The molecule has 1 aliphatic heterocycles. The number of nitrogens with zero attached hydrogens (tertiary/aromatic N) is 2. The Kier molecular flexibility index (Phi) is 6.27.